The SMILES string of the molecule is CC(C)Cn1cc(C(=O)Nc2cnccc2CO)c2ccccc21. The number of rotatable bonds is 5. The van der Waals surface area contributed by atoms with E-state index in [-0.39, 0.29) is 12.5 Å². The quantitative estimate of drug-likeness (QED) is 0.756. The Labute approximate surface area is 141 Å². The van der Waals surface area contributed by atoms with Crippen LogP contribution in [0.2, 0.25) is 0 Å². The number of benzene rings is 1. The fourth-order valence-electron chi connectivity index (χ4n) is 2.84. The van der Waals surface area contributed by atoms with Crippen LogP contribution in [0, 0.1) is 5.92 Å². The molecule has 0 bridgehead atoms. The van der Waals surface area contributed by atoms with Gasteiger partial charge >= 0.3 is 0 Å². The van der Waals surface area contributed by atoms with Crippen LogP contribution in [-0.4, -0.2) is 20.6 Å². The molecule has 0 aliphatic rings. The zero-order valence-electron chi connectivity index (χ0n) is 13.9. The van der Waals surface area contributed by atoms with Crippen LogP contribution in [0.15, 0.2) is 48.9 Å². The molecule has 5 nitrogen and oxygen atoms in total. The summed E-state index contributed by atoms with van der Waals surface area (Å²) in [5, 5.41) is 13.2. The minimum absolute atomic E-state index is 0.146. The lowest BCUT2D eigenvalue weighted by Crippen LogP contribution is -2.13. The molecule has 0 atom stereocenters. The molecule has 0 unspecified atom stereocenters. The van der Waals surface area contributed by atoms with E-state index in [4.69, 9.17) is 0 Å². The monoisotopic (exact) mass is 323 g/mol. The van der Waals surface area contributed by atoms with Crippen LogP contribution in [0.5, 0.6) is 0 Å². The molecular formula is C19H21N3O2. The Balaban J connectivity index is 1.98. The summed E-state index contributed by atoms with van der Waals surface area (Å²) in [5.74, 6) is 0.285. The number of hydrogen-bond donors (Lipinski definition) is 2. The van der Waals surface area contributed by atoms with Crippen LogP contribution < -0.4 is 5.32 Å². The standard InChI is InChI=1S/C19H21N3O2/c1-13(2)10-22-11-16(15-5-3-4-6-18(15)22)19(24)21-17-9-20-8-7-14(17)12-23/h3-9,11,13,23H,10,12H2,1-2H3,(H,21,24). The zero-order chi connectivity index (χ0) is 17.1. The van der Waals surface area contributed by atoms with Crippen molar-refractivity contribution in [2.75, 3.05) is 5.32 Å². The van der Waals surface area contributed by atoms with Gasteiger partial charge in [0, 0.05) is 35.4 Å². The number of aliphatic hydroxyl groups is 1. The summed E-state index contributed by atoms with van der Waals surface area (Å²) in [6.45, 7) is 5.01. The van der Waals surface area contributed by atoms with Crippen LogP contribution in [0.3, 0.4) is 0 Å². The van der Waals surface area contributed by atoms with Crippen molar-refractivity contribution in [1.82, 2.24) is 9.55 Å². The molecule has 5 heteroatoms. The van der Waals surface area contributed by atoms with E-state index in [1.165, 1.54) is 0 Å². The Bertz CT molecular complexity index is 868. The summed E-state index contributed by atoms with van der Waals surface area (Å²) in [5.41, 5.74) is 2.85. The number of aliphatic hydroxyl groups excluding tert-OH is 1. The van der Waals surface area contributed by atoms with E-state index in [0.29, 0.717) is 22.7 Å². The third kappa shape index (κ3) is 3.16. The van der Waals surface area contributed by atoms with Gasteiger partial charge < -0.3 is 15.0 Å². The zero-order valence-corrected chi connectivity index (χ0v) is 13.9. The Morgan fingerprint density at radius 1 is 1.29 bits per heavy atom. The molecule has 3 rings (SSSR count). The van der Waals surface area contributed by atoms with Crippen LogP contribution in [0.25, 0.3) is 10.9 Å². The lowest BCUT2D eigenvalue weighted by molar-refractivity contribution is 0.102. The normalized spacial score (nSPS) is 11.2. The molecule has 0 saturated carbocycles. The second kappa shape index (κ2) is 6.84. The van der Waals surface area contributed by atoms with E-state index >= 15 is 0 Å². The molecule has 2 N–H and O–H groups in total. The lowest BCUT2D eigenvalue weighted by atomic mass is 10.1. The maximum Gasteiger partial charge on any atom is 0.257 e. The molecule has 1 aromatic carbocycles. The minimum atomic E-state index is -0.198. The molecule has 0 aliphatic heterocycles. The number of pyridine rings is 1. The minimum Gasteiger partial charge on any atom is -0.392 e. The van der Waals surface area contributed by atoms with Gasteiger partial charge in [-0.25, -0.2) is 0 Å². The summed E-state index contributed by atoms with van der Waals surface area (Å²) in [6, 6.07) is 9.58. The largest absolute Gasteiger partial charge is 0.392 e. The molecule has 0 radical (unpaired) electrons. The summed E-state index contributed by atoms with van der Waals surface area (Å²) in [4.78, 5) is 16.8. The number of fused-ring (bicyclic) bond motifs is 1. The predicted molar refractivity (Wildman–Crippen MR) is 94.9 cm³/mol. The van der Waals surface area contributed by atoms with Gasteiger partial charge in [-0.2, -0.15) is 0 Å². The smallest absolute Gasteiger partial charge is 0.257 e. The average Bonchev–Trinajstić information content (AvgIpc) is 2.94. The molecule has 24 heavy (non-hydrogen) atoms. The molecule has 0 aliphatic carbocycles. The number of para-hydroxylation sites is 1. The van der Waals surface area contributed by atoms with E-state index in [1.54, 1.807) is 18.5 Å². The van der Waals surface area contributed by atoms with Gasteiger partial charge in [0.2, 0.25) is 0 Å². The lowest BCUT2D eigenvalue weighted by Gasteiger charge is -2.08. The van der Waals surface area contributed by atoms with Crippen molar-refractivity contribution in [3.05, 3.63) is 60.0 Å². The number of carbonyl (C=O) groups is 1. The maximum atomic E-state index is 12.8. The van der Waals surface area contributed by atoms with Crippen molar-refractivity contribution in [3.63, 3.8) is 0 Å². The van der Waals surface area contributed by atoms with Crippen molar-refractivity contribution in [3.8, 4) is 0 Å². The highest BCUT2D eigenvalue weighted by atomic mass is 16.3. The number of nitrogens with one attached hydrogen (secondary N) is 1. The Morgan fingerprint density at radius 2 is 2.08 bits per heavy atom. The third-order valence-electron chi connectivity index (χ3n) is 3.92. The Kier molecular flexibility index (Phi) is 4.62. The third-order valence-corrected chi connectivity index (χ3v) is 3.92. The Morgan fingerprint density at radius 3 is 2.83 bits per heavy atom. The van der Waals surface area contributed by atoms with Crippen LogP contribution in [0.4, 0.5) is 5.69 Å². The van der Waals surface area contributed by atoms with Gasteiger partial charge in [-0.3, -0.25) is 9.78 Å². The molecule has 0 fully saturated rings. The number of nitrogens with zero attached hydrogens (tertiary/aromatic N) is 2. The first-order valence-corrected chi connectivity index (χ1v) is 8.03. The van der Waals surface area contributed by atoms with E-state index in [9.17, 15) is 9.90 Å². The van der Waals surface area contributed by atoms with Crippen LogP contribution in [-0.2, 0) is 13.2 Å². The summed E-state index contributed by atoms with van der Waals surface area (Å²) in [6.07, 6.45) is 5.04. The molecule has 124 valence electrons. The highest BCUT2D eigenvalue weighted by Gasteiger charge is 2.16. The van der Waals surface area contributed by atoms with Crippen LogP contribution in [0.1, 0.15) is 29.8 Å². The van der Waals surface area contributed by atoms with E-state index in [1.807, 2.05) is 30.5 Å². The fourth-order valence-corrected chi connectivity index (χ4v) is 2.84. The molecule has 0 saturated heterocycles. The maximum absolute atomic E-state index is 12.8. The molecular weight excluding hydrogens is 302 g/mol. The fraction of sp³-hybridized carbons (Fsp3) is 0.263. The number of aromatic nitrogens is 2. The highest BCUT2D eigenvalue weighted by molar-refractivity contribution is 6.13. The van der Waals surface area contributed by atoms with Crippen molar-refractivity contribution in [1.29, 1.82) is 0 Å². The van der Waals surface area contributed by atoms with E-state index in [0.717, 1.165) is 17.4 Å². The second-order valence-corrected chi connectivity index (χ2v) is 6.25. The number of carbonyl (C=O) groups excluding carboxylic acids is 1. The number of hydrogen-bond acceptors (Lipinski definition) is 3. The first-order valence-electron chi connectivity index (χ1n) is 8.03. The molecule has 0 spiro atoms. The van der Waals surface area contributed by atoms with E-state index in [2.05, 4.69) is 28.7 Å². The molecule has 1 amide bonds. The summed E-state index contributed by atoms with van der Waals surface area (Å²) < 4.78 is 2.12. The first-order chi connectivity index (χ1) is 11.6. The van der Waals surface area contributed by atoms with Gasteiger partial charge in [-0.15, -0.1) is 0 Å². The van der Waals surface area contributed by atoms with Gasteiger partial charge in [0.15, 0.2) is 0 Å². The highest BCUT2D eigenvalue weighted by Crippen LogP contribution is 2.24. The van der Waals surface area contributed by atoms with Gasteiger partial charge in [-0.1, -0.05) is 32.0 Å². The van der Waals surface area contributed by atoms with Crippen molar-refractivity contribution >= 4 is 22.5 Å². The van der Waals surface area contributed by atoms with Crippen LogP contribution >= 0.6 is 0 Å². The molecule has 3 aromatic rings. The van der Waals surface area contributed by atoms with Gasteiger partial charge in [0.25, 0.3) is 5.91 Å². The number of anilines is 1. The second-order valence-electron chi connectivity index (χ2n) is 6.25. The number of amides is 1. The van der Waals surface area contributed by atoms with Gasteiger partial charge in [-0.05, 0) is 18.1 Å². The first kappa shape index (κ1) is 16.2. The van der Waals surface area contributed by atoms with Gasteiger partial charge in [0.1, 0.15) is 0 Å². The summed E-state index contributed by atoms with van der Waals surface area (Å²) >= 11 is 0. The van der Waals surface area contributed by atoms with Crippen molar-refractivity contribution in [2.24, 2.45) is 5.92 Å². The topological polar surface area (TPSA) is 67.2 Å². The molecule has 2 heterocycles. The summed E-state index contributed by atoms with van der Waals surface area (Å²) in [7, 11) is 0. The van der Waals surface area contributed by atoms with Crippen molar-refractivity contribution in [2.45, 2.75) is 27.0 Å². The van der Waals surface area contributed by atoms with Gasteiger partial charge in [0.05, 0.1) is 24.1 Å². The average molecular weight is 323 g/mol. The molecule has 2 aromatic heterocycles. The predicted octanol–water partition coefficient (Wildman–Crippen LogP) is 3.44. The van der Waals surface area contributed by atoms with E-state index < -0.39 is 0 Å². The Hall–Kier alpha value is -2.66. The van der Waals surface area contributed by atoms with Crippen molar-refractivity contribution < 1.29 is 9.90 Å².